The van der Waals surface area contributed by atoms with Crippen molar-refractivity contribution in [2.45, 2.75) is 44.6 Å². The molecule has 5 rings (SSSR count). The number of aromatic nitrogens is 2. The number of anilines is 2. The predicted molar refractivity (Wildman–Crippen MR) is 167 cm³/mol. The minimum atomic E-state index is -4.64. The topological polar surface area (TPSA) is 126 Å². The molecule has 9 nitrogen and oxygen atoms in total. The van der Waals surface area contributed by atoms with Crippen LogP contribution < -0.4 is 10.2 Å². The molecular weight excluding hydrogens is 564 g/mol. The standard InChI is InChI=1S/C33H32N4O5S/c1-22-34-31(36-42-22)24-12-10-11-23(19-24)21-37(26-13-6-5-7-14-26)32(38)35-25-17-18-28(30(20-25)43(39,40)41)27-15-8-9-16-29(27)33(2,3)4/h5-20H,21H2,1-4H3,(H,35,38)(H,39,40,41). The Morgan fingerprint density at radius 1 is 0.907 bits per heavy atom. The van der Waals surface area contributed by atoms with Crippen molar-refractivity contribution >= 4 is 27.5 Å². The fraction of sp³-hybridized carbons (Fsp3) is 0.182. The van der Waals surface area contributed by atoms with Crippen molar-refractivity contribution in [3.05, 3.63) is 114 Å². The normalized spacial score (nSPS) is 11.7. The van der Waals surface area contributed by atoms with Crippen molar-refractivity contribution in [3.8, 4) is 22.5 Å². The summed E-state index contributed by atoms with van der Waals surface area (Å²) in [6.07, 6.45) is 0. The molecule has 0 aliphatic rings. The third-order valence-electron chi connectivity index (χ3n) is 6.90. The van der Waals surface area contributed by atoms with Crippen LogP contribution in [-0.2, 0) is 22.1 Å². The zero-order chi connectivity index (χ0) is 30.8. The lowest BCUT2D eigenvalue weighted by atomic mass is 9.82. The van der Waals surface area contributed by atoms with Crippen LogP contribution in [0.3, 0.4) is 0 Å². The number of aryl methyl sites for hydroxylation is 1. The monoisotopic (exact) mass is 596 g/mol. The van der Waals surface area contributed by atoms with Crippen LogP contribution in [-0.4, -0.2) is 29.1 Å². The molecule has 0 saturated carbocycles. The second-order valence-electron chi connectivity index (χ2n) is 11.2. The van der Waals surface area contributed by atoms with E-state index >= 15 is 0 Å². The summed E-state index contributed by atoms with van der Waals surface area (Å²) < 4.78 is 40.5. The lowest BCUT2D eigenvalue weighted by molar-refractivity contribution is 0.256. The fourth-order valence-electron chi connectivity index (χ4n) is 4.90. The smallest absolute Gasteiger partial charge is 0.326 e. The van der Waals surface area contributed by atoms with E-state index in [-0.39, 0.29) is 22.5 Å². The number of hydrogen-bond donors (Lipinski definition) is 2. The van der Waals surface area contributed by atoms with E-state index in [0.29, 0.717) is 28.5 Å². The first-order chi connectivity index (χ1) is 20.4. The van der Waals surface area contributed by atoms with Gasteiger partial charge in [-0.15, -0.1) is 0 Å². The summed E-state index contributed by atoms with van der Waals surface area (Å²) >= 11 is 0. The molecule has 1 aromatic heterocycles. The molecule has 1 heterocycles. The Kier molecular flexibility index (Phi) is 8.16. The van der Waals surface area contributed by atoms with Gasteiger partial charge in [0, 0.05) is 29.4 Å². The van der Waals surface area contributed by atoms with Crippen LogP contribution in [0.25, 0.3) is 22.5 Å². The zero-order valence-corrected chi connectivity index (χ0v) is 25.1. The van der Waals surface area contributed by atoms with Gasteiger partial charge in [0.2, 0.25) is 11.7 Å². The lowest BCUT2D eigenvalue weighted by Gasteiger charge is -2.25. The minimum absolute atomic E-state index is 0.197. The quantitative estimate of drug-likeness (QED) is 0.186. The van der Waals surface area contributed by atoms with Gasteiger partial charge in [-0.25, -0.2) is 4.79 Å². The number of hydrogen-bond acceptors (Lipinski definition) is 6. The van der Waals surface area contributed by atoms with Gasteiger partial charge in [0.05, 0.1) is 6.54 Å². The molecule has 0 fully saturated rings. The molecule has 10 heteroatoms. The molecule has 0 atom stereocenters. The van der Waals surface area contributed by atoms with E-state index in [9.17, 15) is 17.8 Å². The second kappa shape index (κ2) is 11.8. The van der Waals surface area contributed by atoms with Crippen molar-refractivity contribution in [2.24, 2.45) is 0 Å². The average Bonchev–Trinajstić information content (AvgIpc) is 3.42. The Balaban J connectivity index is 1.49. The van der Waals surface area contributed by atoms with E-state index < -0.39 is 16.1 Å². The number of para-hydroxylation sites is 1. The first-order valence-corrected chi connectivity index (χ1v) is 15.1. The minimum Gasteiger partial charge on any atom is -0.339 e. The average molecular weight is 597 g/mol. The van der Waals surface area contributed by atoms with E-state index in [1.165, 1.54) is 11.0 Å². The van der Waals surface area contributed by atoms with Crippen molar-refractivity contribution in [3.63, 3.8) is 0 Å². The third-order valence-corrected chi connectivity index (χ3v) is 7.80. The van der Waals surface area contributed by atoms with Gasteiger partial charge in [-0.2, -0.15) is 13.4 Å². The third kappa shape index (κ3) is 6.82. The number of amides is 2. The molecule has 5 aromatic rings. The van der Waals surface area contributed by atoms with Gasteiger partial charge in [-0.3, -0.25) is 9.45 Å². The van der Waals surface area contributed by atoms with Gasteiger partial charge in [-0.1, -0.05) is 92.7 Å². The Labute approximate surface area is 250 Å². The van der Waals surface area contributed by atoms with Gasteiger partial charge >= 0.3 is 6.03 Å². The lowest BCUT2D eigenvalue weighted by Crippen LogP contribution is -2.34. The molecule has 0 aliphatic heterocycles. The number of carbonyl (C=O) groups excluding carboxylic acids is 1. The fourth-order valence-corrected chi connectivity index (χ4v) is 5.63. The number of nitrogens with one attached hydrogen (secondary N) is 1. The van der Waals surface area contributed by atoms with E-state index in [1.54, 1.807) is 19.1 Å². The zero-order valence-electron chi connectivity index (χ0n) is 24.3. The SMILES string of the molecule is Cc1nc(-c2cccc(CN(C(=O)Nc3ccc(-c4ccccc4C(C)(C)C)c(S(=O)(=O)O)c3)c3ccccc3)c2)no1. The summed E-state index contributed by atoms with van der Waals surface area (Å²) in [5.41, 5.74) is 4.07. The van der Waals surface area contributed by atoms with Gasteiger partial charge in [0.25, 0.3) is 10.1 Å². The molecule has 0 aliphatic carbocycles. The molecule has 4 aromatic carbocycles. The first kappa shape index (κ1) is 29.7. The Morgan fingerprint density at radius 2 is 1.63 bits per heavy atom. The summed E-state index contributed by atoms with van der Waals surface area (Å²) in [6, 6.07) is 28.1. The number of urea groups is 1. The highest BCUT2D eigenvalue weighted by Gasteiger charge is 2.25. The molecule has 43 heavy (non-hydrogen) atoms. The van der Waals surface area contributed by atoms with Crippen LogP contribution in [0.4, 0.5) is 16.2 Å². The highest BCUT2D eigenvalue weighted by Crippen LogP contribution is 2.37. The van der Waals surface area contributed by atoms with Gasteiger partial charge < -0.3 is 9.84 Å². The van der Waals surface area contributed by atoms with Crippen LogP contribution >= 0.6 is 0 Å². The van der Waals surface area contributed by atoms with E-state index in [4.69, 9.17) is 4.52 Å². The highest BCUT2D eigenvalue weighted by molar-refractivity contribution is 7.86. The Hall–Kier alpha value is -4.80. The Morgan fingerprint density at radius 3 is 2.30 bits per heavy atom. The van der Waals surface area contributed by atoms with Crippen LogP contribution in [0.5, 0.6) is 0 Å². The van der Waals surface area contributed by atoms with Crippen LogP contribution in [0.1, 0.15) is 37.8 Å². The highest BCUT2D eigenvalue weighted by atomic mass is 32.2. The summed E-state index contributed by atoms with van der Waals surface area (Å²) in [5, 5.41) is 6.80. The molecule has 2 N–H and O–H groups in total. The van der Waals surface area contributed by atoms with Gasteiger partial charge in [0.15, 0.2) is 0 Å². The number of nitrogens with zero attached hydrogens (tertiary/aromatic N) is 3. The molecule has 0 spiro atoms. The van der Waals surface area contributed by atoms with E-state index in [0.717, 1.165) is 16.7 Å². The summed E-state index contributed by atoms with van der Waals surface area (Å²) in [4.78, 5) is 19.3. The van der Waals surface area contributed by atoms with Crippen molar-refractivity contribution in [2.75, 3.05) is 10.2 Å². The van der Waals surface area contributed by atoms with Crippen molar-refractivity contribution < 1.29 is 22.3 Å². The van der Waals surface area contributed by atoms with Crippen LogP contribution in [0.2, 0.25) is 0 Å². The molecule has 220 valence electrons. The molecule has 0 bridgehead atoms. The molecule has 0 unspecified atom stereocenters. The Bertz CT molecular complexity index is 1880. The van der Waals surface area contributed by atoms with E-state index in [1.807, 2.05) is 99.6 Å². The van der Waals surface area contributed by atoms with Gasteiger partial charge in [0.1, 0.15) is 4.90 Å². The molecule has 0 radical (unpaired) electrons. The number of benzene rings is 4. The largest absolute Gasteiger partial charge is 0.339 e. The summed E-state index contributed by atoms with van der Waals surface area (Å²) in [6.45, 7) is 8.01. The maximum atomic E-state index is 13.7. The maximum absolute atomic E-state index is 13.7. The van der Waals surface area contributed by atoms with Crippen LogP contribution in [0.15, 0.2) is 106 Å². The van der Waals surface area contributed by atoms with Crippen molar-refractivity contribution in [1.82, 2.24) is 10.1 Å². The number of carbonyl (C=O) groups is 1. The maximum Gasteiger partial charge on any atom is 0.326 e. The summed E-state index contributed by atoms with van der Waals surface area (Å²) in [7, 11) is -4.64. The predicted octanol–water partition coefficient (Wildman–Crippen LogP) is 7.49. The molecular formula is C33H32N4O5S. The second-order valence-corrected chi connectivity index (χ2v) is 12.6. The summed E-state index contributed by atoms with van der Waals surface area (Å²) in [5.74, 6) is 0.892. The molecule has 2 amide bonds. The van der Waals surface area contributed by atoms with Crippen molar-refractivity contribution in [1.29, 1.82) is 0 Å². The first-order valence-electron chi connectivity index (χ1n) is 13.6. The molecule has 0 saturated heterocycles. The number of rotatable bonds is 7. The van der Waals surface area contributed by atoms with Gasteiger partial charge in [-0.05, 0) is 52.4 Å². The van der Waals surface area contributed by atoms with E-state index in [2.05, 4.69) is 15.5 Å². The van der Waals surface area contributed by atoms with Crippen LogP contribution in [0, 0.1) is 6.92 Å².